The molecule has 1 aromatic rings. The van der Waals surface area contributed by atoms with Crippen molar-refractivity contribution in [2.45, 2.75) is 19.8 Å². The second-order valence-electron chi connectivity index (χ2n) is 5.89. The van der Waals surface area contributed by atoms with Crippen molar-refractivity contribution in [3.05, 3.63) is 23.9 Å². The van der Waals surface area contributed by atoms with Crippen molar-refractivity contribution in [2.24, 2.45) is 0 Å². The second kappa shape index (κ2) is 9.47. The Kier molecular flexibility index (Phi) is 7.29. The number of hydrogen-bond acceptors (Lipinski definition) is 5. The standard InChI is InChI=1S/C17H28N4O2/c1-3-4-8-20(2)17(22)15-5-6-16(19-14-15)18-7-9-21-10-12-23-13-11-21/h5-6,14H,3-4,7-13H2,1-2H3,(H,18,19). The molecule has 1 amide bonds. The Labute approximate surface area is 138 Å². The van der Waals surface area contributed by atoms with Gasteiger partial charge in [0.05, 0.1) is 18.8 Å². The predicted octanol–water partition coefficient (Wildman–Crippen LogP) is 1.70. The van der Waals surface area contributed by atoms with Gasteiger partial charge in [-0.1, -0.05) is 13.3 Å². The lowest BCUT2D eigenvalue weighted by molar-refractivity contribution is 0.0398. The number of anilines is 1. The van der Waals surface area contributed by atoms with Gasteiger partial charge in [-0.15, -0.1) is 0 Å². The summed E-state index contributed by atoms with van der Waals surface area (Å²) in [4.78, 5) is 20.7. The molecule has 1 fully saturated rings. The third-order valence-electron chi connectivity index (χ3n) is 4.04. The smallest absolute Gasteiger partial charge is 0.255 e. The number of carbonyl (C=O) groups excluding carboxylic acids is 1. The van der Waals surface area contributed by atoms with Crippen molar-refractivity contribution in [1.82, 2.24) is 14.8 Å². The average Bonchev–Trinajstić information content (AvgIpc) is 2.60. The third kappa shape index (κ3) is 5.80. The maximum absolute atomic E-state index is 12.2. The molecule has 0 aromatic carbocycles. The van der Waals surface area contributed by atoms with Crippen molar-refractivity contribution in [1.29, 1.82) is 0 Å². The minimum absolute atomic E-state index is 0.0332. The van der Waals surface area contributed by atoms with Gasteiger partial charge in [-0.05, 0) is 18.6 Å². The van der Waals surface area contributed by atoms with Crippen LogP contribution in [0.15, 0.2) is 18.3 Å². The minimum atomic E-state index is 0.0332. The monoisotopic (exact) mass is 320 g/mol. The number of hydrogen-bond donors (Lipinski definition) is 1. The van der Waals surface area contributed by atoms with Crippen LogP contribution < -0.4 is 5.32 Å². The Hall–Kier alpha value is -1.66. The maximum atomic E-state index is 12.2. The van der Waals surface area contributed by atoms with E-state index < -0.39 is 0 Å². The number of unbranched alkanes of at least 4 members (excludes halogenated alkanes) is 1. The fourth-order valence-electron chi connectivity index (χ4n) is 2.51. The van der Waals surface area contributed by atoms with Crippen LogP contribution in [0.2, 0.25) is 0 Å². The first-order chi connectivity index (χ1) is 11.2. The molecule has 128 valence electrons. The number of aromatic nitrogens is 1. The van der Waals surface area contributed by atoms with Crippen LogP contribution in [-0.2, 0) is 4.74 Å². The number of nitrogens with one attached hydrogen (secondary N) is 1. The molecule has 0 aliphatic carbocycles. The van der Waals surface area contributed by atoms with Crippen LogP contribution in [0.4, 0.5) is 5.82 Å². The zero-order valence-corrected chi connectivity index (χ0v) is 14.3. The number of morpholine rings is 1. The van der Waals surface area contributed by atoms with E-state index in [1.807, 2.05) is 19.2 Å². The topological polar surface area (TPSA) is 57.7 Å². The number of carbonyl (C=O) groups is 1. The fourth-order valence-corrected chi connectivity index (χ4v) is 2.51. The number of rotatable bonds is 8. The Morgan fingerprint density at radius 3 is 2.83 bits per heavy atom. The van der Waals surface area contributed by atoms with Crippen LogP contribution in [0.1, 0.15) is 30.1 Å². The van der Waals surface area contributed by atoms with Crippen molar-refractivity contribution >= 4 is 11.7 Å². The van der Waals surface area contributed by atoms with Gasteiger partial charge < -0.3 is 15.0 Å². The Morgan fingerprint density at radius 1 is 1.39 bits per heavy atom. The molecule has 23 heavy (non-hydrogen) atoms. The SMILES string of the molecule is CCCCN(C)C(=O)c1ccc(NCCN2CCOCC2)nc1. The van der Waals surface area contributed by atoms with Gasteiger partial charge in [0.25, 0.3) is 5.91 Å². The molecule has 2 rings (SSSR count). The lowest BCUT2D eigenvalue weighted by atomic mass is 10.2. The minimum Gasteiger partial charge on any atom is -0.379 e. The van der Waals surface area contributed by atoms with Gasteiger partial charge >= 0.3 is 0 Å². The van der Waals surface area contributed by atoms with Crippen molar-refractivity contribution < 1.29 is 9.53 Å². The van der Waals surface area contributed by atoms with E-state index in [1.54, 1.807) is 11.1 Å². The molecule has 1 saturated heterocycles. The summed E-state index contributed by atoms with van der Waals surface area (Å²) in [6.07, 6.45) is 3.76. The number of amides is 1. The molecule has 0 spiro atoms. The van der Waals surface area contributed by atoms with Crippen molar-refractivity contribution in [2.75, 3.05) is 58.3 Å². The van der Waals surface area contributed by atoms with Crippen molar-refractivity contribution in [3.8, 4) is 0 Å². The summed E-state index contributed by atoms with van der Waals surface area (Å²) >= 11 is 0. The molecule has 0 atom stereocenters. The third-order valence-corrected chi connectivity index (χ3v) is 4.04. The van der Waals surface area contributed by atoms with Gasteiger partial charge in [-0.3, -0.25) is 9.69 Å². The molecular formula is C17H28N4O2. The summed E-state index contributed by atoms with van der Waals surface area (Å²) in [5.74, 6) is 0.844. The summed E-state index contributed by atoms with van der Waals surface area (Å²) in [5, 5.41) is 3.30. The molecule has 1 N–H and O–H groups in total. The number of nitrogens with zero attached hydrogens (tertiary/aromatic N) is 3. The molecular weight excluding hydrogens is 292 g/mol. The molecule has 6 nitrogen and oxygen atoms in total. The maximum Gasteiger partial charge on any atom is 0.255 e. The molecule has 0 saturated carbocycles. The molecule has 0 unspecified atom stereocenters. The molecule has 0 radical (unpaired) electrons. The Bertz CT molecular complexity index is 472. The van der Waals surface area contributed by atoms with Crippen LogP contribution in [0, 0.1) is 0 Å². The highest BCUT2D eigenvalue weighted by atomic mass is 16.5. The average molecular weight is 320 g/mol. The zero-order chi connectivity index (χ0) is 16.5. The normalized spacial score (nSPS) is 15.4. The highest BCUT2D eigenvalue weighted by Crippen LogP contribution is 2.08. The van der Waals surface area contributed by atoms with Crippen molar-refractivity contribution in [3.63, 3.8) is 0 Å². The first-order valence-electron chi connectivity index (χ1n) is 8.46. The van der Waals surface area contributed by atoms with E-state index in [1.165, 1.54) is 0 Å². The van der Waals surface area contributed by atoms with Crippen LogP contribution in [-0.4, -0.2) is 73.7 Å². The van der Waals surface area contributed by atoms with Gasteiger partial charge in [0.1, 0.15) is 5.82 Å². The first-order valence-corrected chi connectivity index (χ1v) is 8.46. The molecule has 2 heterocycles. The van der Waals surface area contributed by atoms with Gasteiger partial charge in [0, 0.05) is 46.0 Å². The lowest BCUT2D eigenvalue weighted by Gasteiger charge is -2.26. The van der Waals surface area contributed by atoms with Gasteiger partial charge in [0.2, 0.25) is 0 Å². The van der Waals surface area contributed by atoms with E-state index in [9.17, 15) is 4.79 Å². The predicted molar refractivity (Wildman–Crippen MR) is 91.9 cm³/mol. The van der Waals surface area contributed by atoms with Gasteiger partial charge in [-0.2, -0.15) is 0 Å². The fraction of sp³-hybridized carbons (Fsp3) is 0.647. The summed E-state index contributed by atoms with van der Waals surface area (Å²) in [6, 6.07) is 3.72. The van der Waals surface area contributed by atoms with E-state index in [-0.39, 0.29) is 5.91 Å². The molecule has 1 aromatic heterocycles. The molecule has 0 bridgehead atoms. The Balaban J connectivity index is 1.76. The second-order valence-corrected chi connectivity index (χ2v) is 5.89. The Morgan fingerprint density at radius 2 is 2.17 bits per heavy atom. The van der Waals surface area contributed by atoms with E-state index in [4.69, 9.17) is 4.74 Å². The van der Waals surface area contributed by atoms with E-state index in [0.29, 0.717) is 5.56 Å². The van der Waals surface area contributed by atoms with E-state index in [0.717, 1.165) is 64.6 Å². The van der Waals surface area contributed by atoms with E-state index in [2.05, 4.69) is 22.1 Å². The molecule has 1 aliphatic rings. The number of pyridine rings is 1. The van der Waals surface area contributed by atoms with Gasteiger partial charge in [0.15, 0.2) is 0 Å². The van der Waals surface area contributed by atoms with Crippen LogP contribution in [0.25, 0.3) is 0 Å². The zero-order valence-electron chi connectivity index (χ0n) is 14.3. The lowest BCUT2D eigenvalue weighted by Crippen LogP contribution is -2.39. The number of ether oxygens (including phenoxy) is 1. The summed E-state index contributed by atoms with van der Waals surface area (Å²) in [5.41, 5.74) is 0.641. The highest BCUT2D eigenvalue weighted by molar-refractivity contribution is 5.93. The molecule has 6 heteroatoms. The van der Waals surface area contributed by atoms with Crippen LogP contribution in [0.3, 0.4) is 0 Å². The van der Waals surface area contributed by atoms with Gasteiger partial charge in [-0.25, -0.2) is 4.98 Å². The summed E-state index contributed by atoms with van der Waals surface area (Å²) in [6.45, 7) is 8.36. The van der Waals surface area contributed by atoms with Crippen LogP contribution in [0.5, 0.6) is 0 Å². The van der Waals surface area contributed by atoms with Crippen LogP contribution >= 0.6 is 0 Å². The largest absolute Gasteiger partial charge is 0.379 e. The quantitative estimate of drug-likeness (QED) is 0.790. The summed E-state index contributed by atoms with van der Waals surface area (Å²) in [7, 11) is 1.84. The molecule has 1 aliphatic heterocycles. The first kappa shape index (κ1) is 17.7. The summed E-state index contributed by atoms with van der Waals surface area (Å²) < 4.78 is 5.33. The highest BCUT2D eigenvalue weighted by Gasteiger charge is 2.12. The van der Waals surface area contributed by atoms with E-state index >= 15 is 0 Å².